The molecule has 0 amide bonds. The molecule has 324 valence electrons. The highest BCUT2D eigenvalue weighted by atomic mass is 19.1. The van der Waals surface area contributed by atoms with E-state index in [0.717, 1.165) is 83.6 Å². The van der Waals surface area contributed by atoms with E-state index < -0.39 is 5.97 Å². The Kier molecular flexibility index (Phi) is 10.2. The van der Waals surface area contributed by atoms with Gasteiger partial charge in [0.15, 0.2) is 0 Å². The van der Waals surface area contributed by atoms with E-state index in [1.165, 1.54) is 6.07 Å². The molecule has 0 bridgehead atoms. The van der Waals surface area contributed by atoms with Gasteiger partial charge in [0.1, 0.15) is 23.6 Å². The second-order valence-corrected chi connectivity index (χ2v) is 16.9. The predicted molar refractivity (Wildman–Crippen MR) is 275 cm³/mol. The van der Waals surface area contributed by atoms with Gasteiger partial charge in [0.2, 0.25) is 0 Å². The van der Waals surface area contributed by atoms with E-state index in [1.807, 2.05) is 83.4 Å². The standard InChI is InChI=1S/C62H41FN2O3/c63-56-24-12-25-57-59(56)54-22-11-23-55(62(66)67-40-41-13-3-1-4-14-41)60(54)65(57)50-18-9-17-46(39-50)44-29-35-48(36-30-44)64(47-33-27-43(28-34-47)42-15-5-2-6-16-42)49-37-31-45(32-38-49)51-20-10-21-53-52-19-7-8-26-58(52)68-61(51)53/h1-39H,40H2. The molecule has 0 saturated carbocycles. The third kappa shape index (κ3) is 7.25. The second kappa shape index (κ2) is 17.1. The number of anilines is 3. The topological polar surface area (TPSA) is 47.6 Å². The van der Waals surface area contributed by atoms with Gasteiger partial charge in [-0.15, -0.1) is 0 Å². The summed E-state index contributed by atoms with van der Waals surface area (Å²) in [4.78, 5) is 16.1. The van der Waals surface area contributed by atoms with Gasteiger partial charge in [-0.25, -0.2) is 9.18 Å². The summed E-state index contributed by atoms with van der Waals surface area (Å²) in [6.07, 6.45) is 0. The van der Waals surface area contributed by atoms with Gasteiger partial charge in [-0.3, -0.25) is 0 Å². The van der Waals surface area contributed by atoms with E-state index in [-0.39, 0.29) is 12.4 Å². The zero-order chi connectivity index (χ0) is 45.6. The van der Waals surface area contributed by atoms with E-state index in [9.17, 15) is 4.79 Å². The number of fused-ring (bicyclic) bond motifs is 6. The number of hydrogen-bond acceptors (Lipinski definition) is 4. The Labute approximate surface area is 392 Å². The quantitative estimate of drug-likeness (QED) is 0.128. The van der Waals surface area contributed by atoms with Crippen LogP contribution in [0.2, 0.25) is 0 Å². The smallest absolute Gasteiger partial charge is 0.340 e. The fourth-order valence-electron chi connectivity index (χ4n) is 9.58. The molecular formula is C62H41FN2O3. The zero-order valence-electron chi connectivity index (χ0n) is 36.7. The number of furan rings is 1. The molecule has 0 unspecified atom stereocenters. The summed E-state index contributed by atoms with van der Waals surface area (Å²) >= 11 is 0. The van der Waals surface area contributed by atoms with Crippen LogP contribution in [0.5, 0.6) is 0 Å². The molecule has 68 heavy (non-hydrogen) atoms. The summed E-state index contributed by atoms with van der Waals surface area (Å²) in [6, 6.07) is 79.0. The second-order valence-electron chi connectivity index (χ2n) is 16.9. The van der Waals surface area contributed by atoms with Crippen molar-refractivity contribution in [3.05, 3.63) is 254 Å². The Bertz CT molecular complexity index is 3800. The normalized spacial score (nSPS) is 11.4. The Balaban J connectivity index is 0.914. The number of rotatable bonds is 10. The minimum atomic E-state index is -0.479. The molecule has 12 rings (SSSR count). The summed E-state index contributed by atoms with van der Waals surface area (Å²) in [7, 11) is 0. The first-order chi connectivity index (χ1) is 33.6. The maximum absolute atomic E-state index is 15.8. The molecule has 0 aliphatic rings. The van der Waals surface area contributed by atoms with Crippen LogP contribution >= 0.6 is 0 Å². The lowest BCUT2D eigenvalue weighted by molar-refractivity contribution is 0.0474. The Morgan fingerprint density at radius 2 is 1.06 bits per heavy atom. The lowest BCUT2D eigenvalue weighted by Gasteiger charge is -2.26. The number of halogens is 1. The maximum Gasteiger partial charge on any atom is 0.340 e. The summed E-state index contributed by atoms with van der Waals surface area (Å²) in [6.45, 7) is 0.123. The third-order valence-electron chi connectivity index (χ3n) is 12.8. The summed E-state index contributed by atoms with van der Waals surface area (Å²) < 4.78 is 30.0. The average Bonchev–Trinajstić information content (AvgIpc) is 3.96. The van der Waals surface area contributed by atoms with Gasteiger partial charge in [-0.2, -0.15) is 0 Å². The number of hydrogen-bond donors (Lipinski definition) is 0. The number of para-hydroxylation sites is 3. The number of esters is 1. The highest BCUT2D eigenvalue weighted by molar-refractivity contribution is 6.16. The minimum absolute atomic E-state index is 0.123. The van der Waals surface area contributed by atoms with Gasteiger partial charge in [0.25, 0.3) is 0 Å². The van der Waals surface area contributed by atoms with Crippen LogP contribution in [-0.4, -0.2) is 10.5 Å². The molecule has 0 aliphatic heterocycles. The molecule has 0 radical (unpaired) electrons. The summed E-state index contributed by atoms with van der Waals surface area (Å²) in [5, 5.41) is 3.29. The van der Waals surface area contributed by atoms with Crippen LogP contribution < -0.4 is 4.90 Å². The highest BCUT2D eigenvalue weighted by Crippen LogP contribution is 2.41. The Morgan fingerprint density at radius 1 is 0.500 bits per heavy atom. The van der Waals surface area contributed by atoms with Gasteiger partial charge in [-0.1, -0.05) is 164 Å². The molecular weight excluding hydrogens is 840 g/mol. The molecule has 2 heterocycles. The van der Waals surface area contributed by atoms with Crippen LogP contribution in [0.25, 0.3) is 82.8 Å². The van der Waals surface area contributed by atoms with Crippen molar-refractivity contribution in [3.8, 4) is 39.1 Å². The number of benzene rings is 10. The van der Waals surface area contributed by atoms with Gasteiger partial charge >= 0.3 is 5.97 Å². The van der Waals surface area contributed by atoms with Crippen LogP contribution in [0, 0.1) is 5.82 Å². The van der Waals surface area contributed by atoms with Gasteiger partial charge < -0.3 is 18.6 Å². The number of nitrogens with zero attached hydrogens (tertiary/aromatic N) is 2. The number of carbonyl (C=O) groups excluding carboxylic acids is 1. The van der Waals surface area contributed by atoms with Crippen molar-refractivity contribution in [2.45, 2.75) is 6.61 Å². The average molecular weight is 881 g/mol. The lowest BCUT2D eigenvalue weighted by Crippen LogP contribution is -2.09. The van der Waals surface area contributed by atoms with Crippen molar-refractivity contribution in [1.82, 2.24) is 4.57 Å². The van der Waals surface area contributed by atoms with Gasteiger partial charge in [0.05, 0.1) is 16.6 Å². The molecule has 0 spiro atoms. The monoisotopic (exact) mass is 880 g/mol. The van der Waals surface area contributed by atoms with Crippen LogP contribution in [0.1, 0.15) is 15.9 Å². The van der Waals surface area contributed by atoms with Crippen molar-refractivity contribution in [2.24, 2.45) is 0 Å². The van der Waals surface area contributed by atoms with Crippen molar-refractivity contribution < 1.29 is 18.3 Å². The fraction of sp³-hybridized carbons (Fsp3) is 0.0161. The summed E-state index contributed by atoms with van der Waals surface area (Å²) in [5.74, 6) is -0.835. The fourth-order valence-corrected chi connectivity index (χ4v) is 9.58. The van der Waals surface area contributed by atoms with E-state index >= 15 is 4.39 Å². The van der Waals surface area contributed by atoms with Gasteiger partial charge in [-0.05, 0) is 106 Å². The SMILES string of the molecule is O=C(OCc1ccccc1)c1cccc2c3c(F)cccc3n(-c3cccc(-c4ccc(N(c5ccc(-c6ccccc6)cc5)c5ccc(-c6cccc7c6oc6ccccc67)cc5)cc4)c3)c12. The first-order valence-electron chi connectivity index (χ1n) is 22.7. The van der Waals surface area contributed by atoms with Crippen molar-refractivity contribution in [3.63, 3.8) is 0 Å². The van der Waals surface area contributed by atoms with E-state index in [4.69, 9.17) is 9.15 Å². The molecule has 2 aromatic heterocycles. The van der Waals surface area contributed by atoms with Crippen molar-refractivity contribution >= 4 is 66.8 Å². The first-order valence-corrected chi connectivity index (χ1v) is 22.7. The number of ether oxygens (including phenoxy) is 1. The maximum atomic E-state index is 15.8. The number of carbonyl (C=O) groups is 1. The van der Waals surface area contributed by atoms with E-state index in [2.05, 4.69) is 138 Å². The molecule has 6 heteroatoms. The number of aromatic nitrogens is 1. The Morgan fingerprint density at radius 3 is 1.79 bits per heavy atom. The molecule has 5 nitrogen and oxygen atoms in total. The molecule has 12 aromatic rings. The Hall–Kier alpha value is -9.00. The van der Waals surface area contributed by atoms with E-state index in [0.29, 0.717) is 27.4 Å². The molecule has 0 N–H and O–H groups in total. The molecule has 0 saturated heterocycles. The molecule has 10 aromatic carbocycles. The third-order valence-corrected chi connectivity index (χ3v) is 12.8. The molecule has 0 aliphatic carbocycles. The summed E-state index contributed by atoms with van der Waals surface area (Å²) in [5.41, 5.74) is 14.4. The van der Waals surface area contributed by atoms with Crippen LogP contribution in [0.4, 0.5) is 21.5 Å². The van der Waals surface area contributed by atoms with Crippen LogP contribution in [-0.2, 0) is 11.3 Å². The highest BCUT2D eigenvalue weighted by Gasteiger charge is 2.23. The van der Waals surface area contributed by atoms with Gasteiger partial charge in [0, 0.05) is 49.9 Å². The molecule has 0 fully saturated rings. The largest absolute Gasteiger partial charge is 0.457 e. The first kappa shape index (κ1) is 40.5. The lowest BCUT2D eigenvalue weighted by atomic mass is 10.0. The van der Waals surface area contributed by atoms with Crippen LogP contribution in [0.3, 0.4) is 0 Å². The molecule has 0 atom stereocenters. The van der Waals surface area contributed by atoms with Crippen molar-refractivity contribution in [2.75, 3.05) is 4.90 Å². The van der Waals surface area contributed by atoms with E-state index in [1.54, 1.807) is 18.2 Å². The zero-order valence-corrected chi connectivity index (χ0v) is 36.7. The van der Waals surface area contributed by atoms with Crippen LogP contribution in [0.15, 0.2) is 241 Å². The minimum Gasteiger partial charge on any atom is -0.457 e. The van der Waals surface area contributed by atoms with Crippen molar-refractivity contribution in [1.29, 1.82) is 0 Å². The predicted octanol–water partition coefficient (Wildman–Crippen LogP) is 16.6.